The fraction of sp³-hybridized carbons (Fsp3) is 0.441. The Morgan fingerprint density at radius 2 is 1.61 bits per heavy atom. The van der Waals surface area contributed by atoms with E-state index in [1.54, 1.807) is 18.1 Å². The zero-order valence-corrected chi connectivity index (χ0v) is 27.8. The van der Waals surface area contributed by atoms with E-state index in [-0.39, 0.29) is 29.4 Å². The highest BCUT2D eigenvalue weighted by Crippen LogP contribution is 2.31. The van der Waals surface area contributed by atoms with Crippen LogP contribution in [0.3, 0.4) is 0 Å². The average molecular weight is 691 g/mol. The minimum absolute atomic E-state index is 0.0713. The zero-order chi connectivity index (χ0) is 32.4. The molecule has 12 heteroatoms. The number of urea groups is 1. The SMILES string of the molecule is CN1C[C@H](Nc2cnn(C)c(=O)c2Br)C[C@H](c2ccc(C(=O)N3CCC(c4ccc(CN5CCC(=O)NC5=O)cc4)CC3)cc2)C1. The molecule has 46 heavy (non-hydrogen) atoms. The topological polar surface area (TPSA) is 120 Å². The molecular weight excluding hydrogens is 650 g/mol. The molecule has 0 bridgehead atoms. The van der Waals surface area contributed by atoms with Gasteiger partial charge in [0.2, 0.25) is 5.91 Å². The molecule has 3 saturated heterocycles. The van der Waals surface area contributed by atoms with Crippen molar-refractivity contribution in [3.05, 3.63) is 91.8 Å². The fourth-order valence-electron chi connectivity index (χ4n) is 6.86. The second-order valence-corrected chi connectivity index (χ2v) is 13.5. The number of carbonyl (C=O) groups excluding carboxylic acids is 3. The number of hydrogen-bond donors (Lipinski definition) is 2. The van der Waals surface area contributed by atoms with Gasteiger partial charge in [0.1, 0.15) is 4.47 Å². The van der Waals surface area contributed by atoms with Gasteiger partial charge in [0.25, 0.3) is 11.5 Å². The van der Waals surface area contributed by atoms with Crippen LogP contribution in [0.4, 0.5) is 10.5 Å². The number of amides is 4. The van der Waals surface area contributed by atoms with Crippen LogP contribution >= 0.6 is 15.9 Å². The molecular formula is C34H40BrN7O4. The van der Waals surface area contributed by atoms with Crippen molar-refractivity contribution in [1.29, 1.82) is 0 Å². The minimum atomic E-state index is -0.333. The Morgan fingerprint density at radius 3 is 2.30 bits per heavy atom. The summed E-state index contributed by atoms with van der Waals surface area (Å²) in [5.74, 6) is 0.528. The van der Waals surface area contributed by atoms with Crippen LogP contribution in [0.1, 0.15) is 64.6 Å². The van der Waals surface area contributed by atoms with Crippen molar-refractivity contribution < 1.29 is 14.4 Å². The molecule has 0 spiro atoms. The Hall–Kier alpha value is -4.03. The molecule has 3 aromatic rings. The van der Waals surface area contributed by atoms with E-state index in [1.165, 1.54) is 15.8 Å². The minimum Gasteiger partial charge on any atom is -0.379 e. The standard InChI is InChI=1S/C34H40BrN7O4/c1-39-20-27(17-28(21-39)37-29-18-36-40(2)33(45)31(29)35)24-7-9-26(10-8-24)32(44)41-14-11-25(12-15-41)23-5-3-22(4-6-23)19-42-16-13-30(43)38-34(42)46/h3-10,18,25,27-28,37H,11-17,19-21H2,1-2H3,(H,38,43,46)/t27-,28+/m0/s1. The number of hydrogen-bond acceptors (Lipinski definition) is 7. The van der Waals surface area contributed by atoms with Gasteiger partial charge in [0.05, 0.1) is 11.9 Å². The van der Waals surface area contributed by atoms with E-state index in [2.05, 4.69) is 80.0 Å². The first-order chi connectivity index (χ1) is 22.1. The predicted octanol–water partition coefficient (Wildman–Crippen LogP) is 3.90. The maximum Gasteiger partial charge on any atom is 0.324 e. The van der Waals surface area contributed by atoms with Crippen LogP contribution in [0.2, 0.25) is 0 Å². The van der Waals surface area contributed by atoms with Gasteiger partial charge in [-0.1, -0.05) is 36.4 Å². The third-order valence-corrected chi connectivity index (χ3v) is 10.2. The Kier molecular flexibility index (Phi) is 9.55. The summed E-state index contributed by atoms with van der Waals surface area (Å²) in [6, 6.07) is 16.3. The number of benzene rings is 2. The zero-order valence-electron chi connectivity index (χ0n) is 26.2. The van der Waals surface area contributed by atoms with E-state index in [4.69, 9.17) is 0 Å². The summed E-state index contributed by atoms with van der Waals surface area (Å²) in [5.41, 5.74) is 4.72. The fourth-order valence-corrected chi connectivity index (χ4v) is 7.33. The monoisotopic (exact) mass is 689 g/mol. The number of likely N-dealkylation sites (tertiary alicyclic amines) is 2. The van der Waals surface area contributed by atoms with Crippen molar-refractivity contribution in [3.8, 4) is 0 Å². The third-order valence-electron chi connectivity index (χ3n) is 9.45. The number of piperidine rings is 2. The van der Waals surface area contributed by atoms with Crippen molar-refractivity contribution in [1.82, 2.24) is 29.8 Å². The average Bonchev–Trinajstić information content (AvgIpc) is 3.06. The Balaban J connectivity index is 1.01. The van der Waals surface area contributed by atoms with Crippen molar-refractivity contribution in [2.75, 3.05) is 45.1 Å². The van der Waals surface area contributed by atoms with E-state index in [0.717, 1.165) is 37.9 Å². The molecule has 2 aromatic carbocycles. The van der Waals surface area contributed by atoms with Crippen molar-refractivity contribution in [2.45, 2.75) is 50.1 Å². The van der Waals surface area contributed by atoms with Crippen LogP contribution in [-0.2, 0) is 18.4 Å². The number of halogens is 1. The molecule has 11 nitrogen and oxygen atoms in total. The lowest BCUT2D eigenvalue weighted by molar-refractivity contribution is -0.121. The first kappa shape index (κ1) is 31.9. The maximum atomic E-state index is 13.4. The molecule has 0 radical (unpaired) electrons. The molecule has 242 valence electrons. The summed E-state index contributed by atoms with van der Waals surface area (Å²) in [7, 11) is 3.74. The number of carbonyl (C=O) groups is 3. The molecule has 0 unspecified atom stereocenters. The highest BCUT2D eigenvalue weighted by Gasteiger charge is 2.29. The van der Waals surface area contributed by atoms with Crippen molar-refractivity contribution in [2.24, 2.45) is 7.05 Å². The number of aromatic nitrogens is 2. The van der Waals surface area contributed by atoms with Gasteiger partial charge in [-0.05, 0) is 82.9 Å². The Labute approximate surface area is 277 Å². The number of rotatable bonds is 7. The van der Waals surface area contributed by atoms with Crippen LogP contribution in [-0.4, -0.2) is 88.1 Å². The molecule has 0 aliphatic carbocycles. The lowest BCUT2D eigenvalue weighted by Crippen LogP contribution is -2.48. The maximum absolute atomic E-state index is 13.4. The second kappa shape index (κ2) is 13.8. The van der Waals surface area contributed by atoms with Crippen LogP contribution in [0, 0.1) is 0 Å². The summed E-state index contributed by atoms with van der Waals surface area (Å²) in [6.45, 7) is 4.12. The van der Waals surface area contributed by atoms with Crippen LogP contribution in [0.5, 0.6) is 0 Å². The first-order valence-electron chi connectivity index (χ1n) is 15.9. The molecule has 3 aliphatic heterocycles. The van der Waals surface area contributed by atoms with Gasteiger partial charge in [-0.25, -0.2) is 9.48 Å². The highest BCUT2D eigenvalue weighted by molar-refractivity contribution is 9.10. The van der Waals surface area contributed by atoms with Gasteiger partial charge in [0, 0.05) is 64.3 Å². The predicted molar refractivity (Wildman–Crippen MR) is 179 cm³/mol. The molecule has 2 N–H and O–H groups in total. The smallest absolute Gasteiger partial charge is 0.324 e. The normalized spacial score (nSPS) is 21.3. The summed E-state index contributed by atoms with van der Waals surface area (Å²) in [4.78, 5) is 55.1. The van der Waals surface area contributed by atoms with Crippen LogP contribution < -0.4 is 16.2 Å². The third kappa shape index (κ3) is 7.18. The van der Waals surface area contributed by atoms with Crippen LogP contribution in [0.15, 0.2) is 64.0 Å². The molecule has 0 saturated carbocycles. The summed E-state index contributed by atoms with van der Waals surface area (Å²) in [5, 5.41) is 10.0. The van der Waals surface area contributed by atoms with E-state index in [1.807, 2.05) is 17.0 Å². The summed E-state index contributed by atoms with van der Waals surface area (Å²) >= 11 is 3.42. The molecule has 4 amide bonds. The molecule has 3 fully saturated rings. The Bertz CT molecular complexity index is 1650. The highest BCUT2D eigenvalue weighted by atomic mass is 79.9. The Morgan fingerprint density at radius 1 is 0.935 bits per heavy atom. The number of likely N-dealkylation sites (N-methyl/N-ethyl adjacent to an activating group) is 1. The van der Waals surface area contributed by atoms with Gasteiger partial charge in [-0.15, -0.1) is 0 Å². The van der Waals surface area contributed by atoms with Crippen molar-refractivity contribution in [3.63, 3.8) is 0 Å². The second-order valence-electron chi connectivity index (χ2n) is 12.8. The van der Waals surface area contributed by atoms with Crippen molar-refractivity contribution >= 4 is 39.5 Å². The first-order valence-corrected chi connectivity index (χ1v) is 16.7. The number of aryl methyl sites for hydroxylation is 1. The number of anilines is 1. The van der Waals surface area contributed by atoms with Gasteiger partial charge in [-0.3, -0.25) is 19.7 Å². The van der Waals surface area contributed by atoms with E-state index >= 15 is 0 Å². The van der Waals surface area contributed by atoms with E-state index < -0.39 is 0 Å². The quantitative estimate of drug-likeness (QED) is 0.386. The molecule has 1 aromatic heterocycles. The molecule has 6 rings (SSSR count). The summed E-state index contributed by atoms with van der Waals surface area (Å²) < 4.78 is 1.79. The largest absolute Gasteiger partial charge is 0.379 e. The molecule has 2 atom stereocenters. The number of nitrogens with one attached hydrogen (secondary N) is 2. The van der Waals surface area contributed by atoms with E-state index in [9.17, 15) is 19.2 Å². The number of nitrogens with zero attached hydrogens (tertiary/aromatic N) is 5. The lowest BCUT2D eigenvalue weighted by Gasteiger charge is -2.37. The number of imide groups is 1. The molecule has 4 heterocycles. The van der Waals surface area contributed by atoms with E-state index in [0.29, 0.717) is 60.2 Å². The van der Waals surface area contributed by atoms with Crippen LogP contribution in [0.25, 0.3) is 0 Å². The van der Waals surface area contributed by atoms with Gasteiger partial charge in [0.15, 0.2) is 0 Å². The van der Waals surface area contributed by atoms with Gasteiger partial charge >= 0.3 is 6.03 Å². The summed E-state index contributed by atoms with van der Waals surface area (Å²) in [6.07, 6.45) is 4.73. The van der Waals surface area contributed by atoms with Gasteiger partial charge < -0.3 is 20.0 Å². The molecule has 3 aliphatic rings. The van der Waals surface area contributed by atoms with Gasteiger partial charge in [-0.2, -0.15) is 5.10 Å². The lowest BCUT2D eigenvalue weighted by atomic mass is 9.87.